The minimum atomic E-state index is -0.123. The van der Waals surface area contributed by atoms with E-state index in [1.54, 1.807) is 0 Å². The molecule has 0 aliphatic carbocycles. The van der Waals surface area contributed by atoms with E-state index in [-0.39, 0.29) is 11.8 Å². The Bertz CT molecular complexity index is 729. The smallest absolute Gasteiger partial charge is 0.233 e. The molecule has 0 radical (unpaired) electrons. The molecule has 4 heterocycles. The van der Waals surface area contributed by atoms with E-state index in [4.69, 9.17) is 4.42 Å². The fraction of sp³-hybridized carbons (Fsp3) is 0.529. The molecule has 4 rings (SSSR count). The monoisotopic (exact) mass is 314 g/mol. The minimum absolute atomic E-state index is 0.123. The van der Waals surface area contributed by atoms with E-state index in [0.717, 1.165) is 55.5 Å². The Balaban J connectivity index is 1.59. The average molecular weight is 314 g/mol. The van der Waals surface area contributed by atoms with Gasteiger partial charge in [0.15, 0.2) is 0 Å². The zero-order valence-corrected chi connectivity index (χ0v) is 13.7. The Morgan fingerprint density at radius 2 is 2.22 bits per heavy atom. The van der Waals surface area contributed by atoms with Crippen molar-refractivity contribution in [1.29, 1.82) is 0 Å². The molecule has 0 spiro atoms. The van der Waals surface area contributed by atoms with Crippen molar-refractivity contribution in [3.05, 3.63) is 41.4 Å². The third kappa shape index (κ3) is 2.57. The number of imidazole rings is 1. The second kappa shape index (κ2) is 5.53. The third-order valence-corrected chi connectivity index (χ3v) is 4.85. The maximum atomic E-state index is 12.8. The second-order valence-electron chi connectivity index (χ2n) is 6.60. The number of hydrogen-bond donors (Lipinski definition) is 0. The van der Waals surface area contributed by atoms with Crippen LogP contribution in [0.5, 0.6) is 0 Å². The lowest BCUT2D eigenvalue weighted by molar-refractivity contribution is -0.137. The van der Waals surface area contributed by atoms with Crippen LogP contribution in [0.25, 0.3) is 0 Å². The summed E-state index contributed by atoms with van der Waals surface area (Å²) in [5.74, 6) is 1.98. The van der Waals surface area contributed by atoms with Gasteiger partial charge >= 0.3 is 0 Å². The van der Waals surface area contributed by atoms with Gasteiger partial charge in [0, 0.05) is 33.2 Å². The topological polar surface area (TPSA) is 54.5 Å². The molecule has 122 valence electrons. The van der Waals surface area contributed by atoms with E-state index in [9.17, 15) is 4.79 Å². The minimum Gasteiger partial charge on any atom is -0.465 e. The van der Waals surface area contributed by atoms with Gasteiger partial charge in [0.1, 0.15) is 11.5 Å². The first-order valence-electron chi connectivity index (χ1n) is 8.18. The molecule has 0 saturated carbocycles. The number of likely N-dealkylation sites (tertiary alicyclic amines) is 1. The lowest BCUT2D eigenvalue weighted by Crippen LogP contribution is -2.48. The average Bonchev–Trinajstić information content (AvgIpc) is 3.03. The van der Waals surface area contributed by atoms with E-state index in [2.05, 4.69) is 9.88 Å². The van der Waals surface area contributed by atoms with Gasteiger partial charge in [-0.1, -0.05) is 0 Å². The molecule has 1 fully saturated rings. The molecule has 1 saturated heterocycles. The molecule has 2 aromatic rings. The van der Waals surface area contributed by atoms with Crippen LogP contribution in [0.1, 0.15) is 35.2 Å². The van der Waals surface area contributed by atoms with Crippen molar-refractivity contribution < 1.29 is 9.21 Å². The first-order valence-corrected chi connectivity index (χ1v) is 8.18. The maximum Gasteiger partial charge on any atom is 0.233 e. The van der Waals surface area contributed by atoms with E-state index in [1.165, 1.54) is 0 Å². The molecule has 2 aliphatic heterocycles. The van der Waals surface area contributed by atoms with Crippen molar-refractivity contribution in [2.45, 2.75) is 32.4 Å². The quantitative estimate of drug-likeness (QED) is 0.864. The summed E-state index contributed by atoms with van der Waals surface area (Å²) in [4.78, 5) is 21.6. The Morgan fingerprint density at radius 1 is 1.39 bits per heavy atom. The van der Waals surface area contributed by atoms with Crippen molar-refractivity contribution in [1.82, 2.24) is 19.4 Å². The first-order chi connectivity index (χ1) is 11.1. The summed E-state index contributed by atoms with van der Waals surface area (Å²) in [6, 6.07) is 3.99. The van der Waals surface area contributed by atoms with Crippen LogP contribution in [-0.2, 0) is 24.9 Å². The van der Waals surface area contributed by atoms with Crippen LogP contribution in [0.4, 0.5) is 0 Å². The van der Waals surface area contributed by atoms with Gasteiger partial charge in [0.05, 0.1) is 30.2 Å². The van der Waals surface area contributed by atoms with Gasteiger partial charge < -0.3 is 13.9 Å². The van der Waals surface area contributed by atoms with Gasteiger partial charge in [-0.25, -0.2) is 4.98 Å². The Labute approximate surface area is 135 Å². The maximum absolute atomic E-state index is 12.8. The van der Waals surface area contributed by atoms with Crippen LogP contribution in [0.2, 0.25) is 0 Å². The molecular formula is C17H22N4O2. The molecule has 6 nitrogen and oxygen atoms in total. The Kier molecular flexibility index (Phi) is 3.49. The summed E-state index contributed by atoms with van der Waals surface area (Å²) in [7, 11) is 1.98. The molecule has 0 bridgehead atoms. The van der Waals surface area contributed by atoms with E-state index in [1.807, 2.05) is 41.9 Å². The molecule has 1 unspecified atom stereocenters. The number of amides is 1. The predicted molar refractivity (Wildman–Crippen MR) is 84.7 cm³/mol. The van der Waals surface area contributed by atoms with Gasteiger partial charge in [-0.15, -0.1) is 0 Å². The lowest BCUT2D eigenvalue weighted by Gasteiger charge is -2.38. The highest BCUT2D eigenvalue weighted by molar-refractivity contribution is 5.84. The van der Waals surface area contributed by atoms with Gasteiger partial charge in [-0.05, 0) is 25.5 Å². The largest absolute Gasteiger partial charge is 0.465 e. The van der Waals surface area contributed by atoms with Crippen LogP contribution in [0.3, 0.4) is 0 Å². The molecule has 1 atom stereocenters. The number of carbonyl (C=O) groups excluding carboxylic acids is 1. The summed E-state index contributed by atoms with van der Waals surface area (Å²) >= 11 is 0. The Hall–Kier alpha value is -2.08. The van der Waals surface area contributed by atoms with Crippen LogP contribution in [0, 0.1) is 6.92 Å². The van der Waals surface area contributed by atoms with Crippen LogP contribution >= 0.6 is 0 Å². The summed E-state index contributed by atoms with van der Waals surface area (Å²) in [5.41, 5.74) is 2.09. The zero-order valence-electron chi connectivity index (χ0n) is 13.7. The summed E-state index contributed by atoms with van der Waals surface area (Å²) in [6.07, 6.45) is 2.94. The predicted octanol–water partition coefficient (Wildman–Crippen LogP) is 1.65. The molecular weight excluding hydrogens is 292 g/mol. The third-order valence-electron chi connectivity index (χ3n) is 4.85. The van der Waals surface area contributed by atoms with Crippen LogP contribution < -0.4 is 0 Å². The van der Waals surface area contributed by atoms with Gasteiger partial charge in [0.25, 0.3) is 0 Å². The van der Waals surface area contributed by atoms with Crippen molar-refractivity contribution >= 4 is 5.91 Å². The standard InChI is InChI=1S/C17H22N4O2/c1-12-4-5-13(23-12)8-20-9-14(17(22)21-6-3-7-21)16-15(10-20)18-11-19(16)2/h4-5,11,14H,3,6-10H2,1-2H3. The van der Waals surface area contributed by atoms with Crippen LogP contribution in [-0.4, -0.2) is 44.9 Å². The summed E-state index contributed by atoms with van der Waals surface area (Å²) in [5, 5.41) is 0. The molecule has 0 aromatic carbocycles. The van der Waals surface area contributed by atoms with Gasteiger partial charge in [-0.2, -0.15) is 0 Å². The highest BCUT2D eigenvalue weighted by atomic mass is 16.3. The number of rotatable bonds is 3. The van der Waals surface area contributed by atoms with E-state index >= 15 is 0 Å². The number of fused-ring (bicyclic) bond motifs is 1. The number of aryl methyl sites for hydroxylation is 2. The summed E-state index contributed by atoms with van der Waals surface area (Å²) < 4.78 is 7.70. The highest BCUT2D eigenvalue weighted by Crippen LogP contribution is 2.31. The molecule has 2 aromatic heterocycles. The second-order valence-corrected chi connectivity index (χ2v) is 6.60. The lowest BCUT2D eigenvalue weighted by atomic mass is 9.95. The molecule has 6 heteroatoms. The fourth-order valence-electron chi connectivity index (χ4n) is 3.54. The van der Waals surface area contributed by atoms with E-state index < -0.39 is 0 Å². The molecule has 1 amide bonds. The first kappa shape index (κ1) is 14.5. The van der Waals surface area contributed by atoms with E-state index in [0.29, 0.717) is 6.54 Å². The Morgan fingerprint density at radius 3 is 2.87 bits per heavy atom. The fourth-order valence-corrected chi connectivity index (χ4v) is 3.54. The zero-order chi connectivity index (χ0) is 16.0. The number of carbonyl (C=O) groups is 1. The number of furan rings is 1. The molecule has 23 heavy (non-hydrogen) atoms. The van der Waals surface area contributed by atoms with Crippen molar-refractivity contribution in [3.8, 4) is 0 Å². The molecule has 2 aliphatic rings. The summed E-state index contributed by atoms with van der Waals surface area (Å²) in [6.45, 7) is 5.93. The van der Waals surface area contributed by atoms with Crippen LogP contribution in [0.15, 0.2) is 22.9 Å². The number of hydrogen-bond acceptors (Lipinski definition) is 4. The number of nitrogens with zero attached hydrogens (tertiary/aromatic N) is 4. The van der Waals surface area contributed by atoms with Gasteiger partial charge in [0.2, 0.25) is 5.91 Å². The number of aromatic nitrogens is 2. The SMILES string of the molecule is Cc1ccc(CN2Cc3ncn(C)c3C(C(=O)N3CCC3)C2)o1. The normalized spacial score (nSPS) is 21.1. The highest BCUT2D eigenvalue weighted by Gasteiger charge is 2.37. The van der Waals surface area contributed by atoms with Crippen molar-refractivity contribution in [2.75, 3.05) is 19.6 Å². The molecule has 0 N–H and O–H groups in total. The van der Waals surface area contributed by atoms with Crippen molar-refractivity contribution in [3.63, 3.8) is 0 Å². The van der Waals surface area contributed by atoms with Gasteiger partial charge in [-0.3, -0.25) is 9.69 Å². The van der Waals surface area contributed by atoms with Crippen molar-refractivity contribution in [2.24, 2.45) is 7.05 Å².